The number of rotatable bonds is 2. The average molecular weight is 234 g/mol. The Morgan fingerprint density at radius 2 is 2.35 bits per heavy atom. The predicted octanol–water partition coefficient (Wildman–Crippen LogP) is 0.482. The van der Waals surface area contributed by atoms with Crippen molar-refractivity contribution < 1.29 is 9.53 Å². The molecule has 1 aromatic rings. The third-order valence-electron chi connectivity index (χ3n) is 3.30. The molecule has 1 atom stereocenters. The molecule has 0 aliphatic carbocycles. The molecule has 90 valence electrons. The van der Waals surface area contributed by atoms with E-state index in [1.165, 1.54) is 0 Å². The van der Waals surface area contributed by atoms with Crippen LogP contribution >= 0.6 is 0 Å². The number of nitrogens with zero attached hydrogens (tertiary/aromatic N) is 4. The summed E-state index contributed by atoms with van der Waals surface area (Å²) in [5, 5.41) is 4.22. The molecule has 2 aliphatic heterocycles. The van der Waals surface area contributed by atoms with Gasteiger partial charge in [0.2, 0.25) is 0 Å². The summed E-state index contributed by atoms with van der Waals surface area (Å²) in [5.41, 5.74) is 1.02. The maximum atomic E-state index is 11.8. The Kier molecular flexibility index (Phi) is 2.10. The molecule has 6 heteroatoms. The summed E-state index contributed by atoms with van der Waals surface area (Å²) in [6, 6.07) is 0.238. The van der Waals surface area contributed by atoms with Gasteiger partial charge in [-0.25, -0.2) is 9.48 Å². The molecule has 0 radical (unpaired) electrons. The van der Waals surface area contributed by atoms with Gasteiger partial charge in [-0.1, -0.05) is 0 Å². The predicted molar refractivity (Wildman–Crippen MR) is 61.6 cm³/mol. The van der Waals surface area contributed by atoms with E-state index in [1.54, 1.807) is 22.9 Å². The van der Waals surface area contributed by atoms with Crippen LogP contribution in [-0.4, -0.2) is 58.9 Å². The topological polar surface area (TPSA) is 50.6 Å². The molecule has 1 aromatic heterocycles. The zero-order valence-corrected chi connectivity index (χ0v) is 9.83. The minimum Gasteiger partial charge on any atom is -0.493 e. The van der Waals surface area contributed by atoms with Crippen molar-refractivity contribution in [1.82, 2.24) is 19.6 Å². The number of aromatic nitrogens is 2. The molecule has 1 saturated heterocycles. The van der Waals surface area contributed by atoms with E-state index in [0.717, 1.165) is 18.0 Å². The second kappa shape index (κ2) is 3.51. The summed E-state index contributed by atoms with van der Waals surface area (Å²) in [6.07, 6.45) is 5.58. The van der Waals surface area contributed by atoms with Crippen molar-refractivity contribution in [2.24, 2.45) is 0 Å². The Morgan fingerprint density at radius 3 is 3.00 bits per heavy atom. The Bertz CT molecular complexity index is 493. The van der Waals surface area contributed by atoms with E-state index in [4.69, 9.17) is 4.74 Å². The third-order valence-corrected chi connectivity index (χ3v) is 3.30. The molecule has 2 bridgehead atoms. The smallest absolute Gasteiger partial charge is 0.320 e. The molecular formula is C11H14N4O2. The number of urea groups is 1. The molecule has 2 amide bonds. The number of carbonyl (C=O) groups is 1. The Morgan fingerprint density at radius 1 is 1.53 bits per heavy atom. The van der Waals surface area contributed by atoms with Gasteiger partial charge in [0.25, 0.3) is 0 Å². The molecule has 3 heterocycles. The van der Waals surface area contributed by atoms with E-state index in [9.17, 15) is 4.79 Å². The van der Waals surface area contributed by atoms with Crippen molar-refractivity contribution >= 4 is 11.7 Å². The molecule has 17 heavy (non-hydrogen) atoms. The average Bonchev–Trinajstić information content (AvgIpc) is 2.91. The number of fused-ring (bicyclic) bond motifs is 2. The van der Waals surface area contributed by atoms with Crippen molar-refractivity contribution in [2.45, 2.75) is 6.04 Å². The minimum absolute atomic E-state index is 0.0837. The van der Waals surface area contributed by atoms with E-state index in [0.29, 0.717) is 6.54 Å². The highest BCUT2D eigenvalue weighted by atomic mass is 16.5. The van der Waals surface area contributed by atoms with Crippen molar-refractivity contribution in [2.75, 3.05) is 27.2 Å². The molecule has 2 aliphatic rings. The number of methoxy groups -OCH3 is 1. The van der Waals surface area contributed by atoms with Crippen LogP contribution in [0.5, 0.6) is 5.75 Å². The van der Waals surface area contributed by atoms with E-state index in [2.05, 4.69) is 11.2 Å². The number of hydrogen-bond donors (Lipinski definition) is 0. The van der Waals surface area contributed by atoms with Gasteiger partial charge in [-0.3, -0.25) is 0 Å². The maximum absolute atomic E-state index is 11.8. The first-order valence-corrected chi connectivity index (χ1v) is 5.50. The number of ether oxygens (including phenoxy) is 1. The summed E-state index contributed by atoms with van der Waals surface area (Å²) in [4.78, 5) is 15.4. The standard InChI is InChI=1S/C11H14N4O2/c1-13-8-3-9(6-14(5-8)11(13)16)15-7-10(17-2)4-12-15/h3-4,7-8H,5-6H2,1-2H3. The molecular weight excluding hydrogens is 220 g/mol. The van der Waals surface area contributed by atoms with Crippen LogP contribution in [0.2, 0.25) is 0 Å². The van der Waals surface area contributed by atoms with Gasteiger partial charge in [0.05, 0.1) is 37.8 Å². The largest absolute Gasteiger partial charge is 0.493 e. The van der Waals surface area contributed by atoms with Crippen molar-refractivity contribution in [3.8, 4) is 5.75 Å². The first-order valence-electron chi connectivity index (χ1n) is 5.50. The normalized spacial score (nSPS) is 23.1. The lowest BCUT2D eigenvalue weighted by Crippen LogP contribution is -2.31. The van der Waals surface area contributed by atoms with Gasteiger partial charge in [-0.2, -0.15) is 5.10 Å². The highest BCUT2D eigenvalue weighted by molar-refractivity contribution is 5.80. The van der Waals surface area contributed by atoms with Gasteiger partial charge in [0.1, 0.15) is 0 Å². The fourth-order valence-corrected chi connectivity index (χ4v) is 2.28. The molecule has 0 saturated carbocycles. The van der Waals surface area contributed by atoms with Gasteiger partial charge < -0.3 is 14.5 Å². The lowest BCUT2D eigenvalue weighted by Gasteiger charge is -2.21. The van der Waals surface area contributed by atoms with Crippen LogP contribution in [0.3, 0.4) is 0 Å². The molecule has 0 N–H and O–H groups in total. The summed E-state index contributed by atoms with van der Waals surface area (Å²) in [7, 11) is 3.44. The third kappa shape index (κ3) is 1.48. The number of hydrogen-bond acceptors (Lipinski definition) is 3. The minimum atomic E-state index is 0.0837. The Labute approximate surface area is 99.1 Å². The van der Waals surface area contributed by atoms with Crippen molar-refractivity contribution in [1.29, 1.82) is 0 Å². The number of amides is 2. The second-order valence-corrected chi connectivity index (χ2v) is 4.32. The van der Waals surface area contributed by atoms with E-state index in [1.807, 2.05) is 18.1 Å². The van der Waals surface area contributed by atoms with E-state index in [-0.39, 0.29) is 12.1 Å². The molecule has 0 aromatic carbocycles. The molecule has 1 unspecified atom stereocenters. The summed E-state index contributed by atoms with van der Waals surface area (Å²) in [5.74, 6) is 0.721. The highest BCUT2D eigenvalue weighted by Crippen LogP contribution is 2.25. The Hall–Kier alpha value is -1.98. The SMILES string of the molecule is COc1cnn(C2=CC3CN(C2)C(=O)N3C)c1. The second-order valence-electron chi connectivity index (χ2n) is 4.32. The van der Waals surface area contributed by atoms with Crippen LogP contribution in [-0.2, 0) is 0 Å². The molecule has 6 nitrogen and oxygen atoms in total. The first kappa shape index (κ1) is 10.2. The van der Waals surface area contributed by atoms with Crippen LogP contribution in [0.1, 0.15) is 0 Å². The molecule has 1 fully saturated rings. The van der Waals surface area contributed by atoms with E-state index >= 15 is 0 Å². The van der Waals surface area contributed by atoms with Crippen molar-refractivity contribution in [3.05, 3.63) is 18.5 Å². The zero-order valence-electron chi connectivity index (χ0n) is 9.83. The molecule has 3 rings (SSSR count). The highest BCUT2D eigenvalue weighted by Gasteiger charge is 2.37. The van der Waals surface area contributed by atoms with Crippen LogP contribution < -0.4 is 4.74 Å². The lowest BCUT2D eigenvalue weighted by molar-refractivity contribution is 0.201. The molecule has 0 spiro atoms. The number of carbonyl (C=O) groups excluding carboxylic acids is 1. The van der Waals surface area contributed by atoms with Crippen molar-refractivity contribution in [3.63, 3.8) is 0 Å². The van der Waals surface area contributed by atoms with Crippen LogP contribution in [0.15, 0.2) is 18.5 Å². The first-order chi connectivity index (χ1) is 8.19. The fourth-order valence-electron chi connectivity index (χ4n) is 2.28. The quantitative estimate of drug-likeness (QED) is 0.748. The van der Waals surface area contributed by atoms with Gasteiger partial charge in [-0.05, 0) is 6.08 Å². The fraction of sp³-hybridized carbons (Fsp3) is 0.455. The Balaban J connectivity index is 1.91. The lowest BCUT2D eigenvalue weighted by atomic mass is 10.2. The van der Waals surface area contributed by atoms with Crippen LogP contribution in [0.25, 0.3) is 5.70 Å². The maximum Gasteiger partial charge on any atom is 0.320 e. The van der Waals surface area contributed by atoms with Crippen LogP contribution in [0.4, 0.5) is 4.79 Å². The zero-order chi connectivity index (χ0) is 12.0. The summed E-state index contributed by atoms with van der Waals surface area (Å²) >= 11 is 0. The number of likely N-dealkylation sites (N-methyl/N-ethyl adjacent to an activating group) is 1. The summed E-state index contributed by atoms with van der Waals surface area (Å²) in [6.45, 7) is 1.38. The van der Waals surface area contributed by atoms with Gasteiger partial charge in [-0.15, -0.1) is 0 Å². The van der Waals surface area contributed by atoms with E-state index < -0.39 is 0 Å². The summed E-state index contributed by atoms with van der Waals surface area (Å²) < 4.78 is 6.86. The van der Waals surface area contributed by atoms with Gasteiger partial charge in [0.15, 0.2) is 5.75 Å². The van der Waals surface area contributed by atoms with Crippen LogP contribution in [0, 0.1) is 0 Å². The van der Waals surface area contributed by atoms with Gasteiger partial charge >= 0.3 is 6.03 Å². The van der Waals surface area contributed by atoms with Gasteiger partial charge in [0, 0.05) is 13.6 Å². The monoisotopic (exact) mass is 234 g/mol.